The van der Waals surface area contributed by atoms with Crippen molar-refractivity contribution in [2.24, 2.45) is 0 Å². The summed E-state index contributed by atoms with van der Waals surface area (Å²) in [6.45, 7) is 4.50. The van der Waals surface area contributed by atoms with E-state index in [-0.39, 0.29) is 0 Å². The number of hydrogen-bond acceptors (Lipinski definition) is 4. The third-order valence-electron chi connectivity index (χ3n) is 5.56. The second-order valence-electron chi connectivity index (χ2n) is 8.35. The van der Waals surface area contributed by atoms with Gasteiger partial charge in [-0.1, -0.05) is 103 Å². The summed E-state index contributed by atoms with van der Waals surface area (Å²) >= 11 is 0.782. The van der Waals surface area contributed by atoms with Crippen molar-refractivity contribution < 1.29 is 18.3 Å². The summed E-state index contributed by atoms with van der Waals surface area (Å²) in [7, 11) is -3.14. The predicted molar refractivity (Wildman–Crippen MR) is 136 cm³/mol. The maximum Gasteiger partial charge on any atom is 0.481 e. The molecule has 0 aliphatic rings. The molecule has 1 rings (SSSR count). The average Bonchev–Trinajstić information content (AvgIpc) is 2.72. The number of benzene rings is 1. The van der Waals surface area contributed by atoms with Crippen molar-refractivity contribution >= 4 is 29.7 Å². The van der Waals surface area contributed by atoms with Crippen molar-refractivity contribution in [2.45, 2.75) is 121 Å². The van der Waals surface area contributed by atoms with Crippen LogP contribution in [0.4, 0.5) is 0 Å². The Morgan fingerprint density at radius 1 is 0.774 bits per heavy atom. The molecule has 0 saturated carbocycles. The molecule has 0 heterocycles. The lowest BCUT2D eigenvalue weighted by Crippen LogP contribution is -1.98. The highest BCUT2D eigenvalue weighted by Crippen LogP contribution is 2.48. The highest BCUT2D eigenvalue weighted by Gasteiger charge is 2.16. The van der Waals surface area contributed by atoms with Crippen LogP contribution < -0.4 is 0 Å². The van der Waals surface area contributed by atoms with Crippen molar-refractivity contribution in [3.63, 3.8) is 0 Å². The van der Waals surface area contributed by atoms with E-state index in [1.165, 1.54) is 105 Å². The molecule has 0 fully saturated rings. The van der Waals surface area contributed by atoms with E-state index in [0.29, 0.717) is 0 Å². The Hall–Kier alpha value is 0.0300. The third kappa shape index (κ3) is 15.5. The first kappa shape index (κ1) is 29.1. The van der Waals surface area contributed by atoms with Gasteiger partial charge in [-0.25, -0.2) is 8.54 Å². The van der Waals surface area contributed by atoms with Gasteiger partial charge in [0.05, 0.1) is 11.1 Å². The minimum absolute atomic E-state index is 0.782. The topological polar surface area (TPSA) is 66.8 Å². The molecule has 0 spiro atoms. The molecule has 31 heavy (non-hydrogen) atoms. The van der Waals surface area contributed by atoms with E-state index in [0.717, 1.165) is 35.2 Å². The van der Waals surface area contributed by atoms with Crippen LogP contribution in [0.2, 0.25) is 0 Å². The van der Waals surface area contributed by atoms with Crippen molar-refractivity contribution in [3.8, 4) is 0 Å². The lowest BCUT2D eigenvalue weighted by atomic mass is 9.96. The Kier molecular flexibility index (Phi) is 17.3. The summed E-state index contributed by atoms with van der Waals surface area (Å²) in [5.41, 5.74) is 2.73. The van der Waals surface area contributed by atoms with E-state index in [4.69, 9.17) is 9.79 Å². The van der Waals surface area contributed by atoms with E-state index in [2.05, 4.69) is 30.0 Å². The molecule has 180 valence electrons. The molecule has 0 saturated heterocycles. The van der Waals surface area contributed by atoms with Crippen molar-refractivity contribution in [3.05, 3.63) is 29.3 Å². The standard InChI is InChI=1S/C24H43O4PS2/c1-3-5-7-9-11-13-15-18-22-19-17-21-24(30-31-28-29(25,26)27)23(22)20-16-14-12-10-8-6-4-2/h17,19,21H,3-16,18,20H2,1-2H3,(H2,25,26,27). The summed E-state index contributed by atoms with van der Waals surface area (Å²) in [6.07, 6.45) is 20.2. The minimum atomic E-state index is -4.46. The monoisotopic (exact) mass is 490 g/mol. The first-order chi connectivity index (χ1) is 15.0. The van der Waals surface area contributed by atoms with Gasteiger partial charge in [-0.15, -0.1) is 0 Å². The lowest BCUT2D eigenvalue weighted by Gasteiger charge is -2.15. The van der Waals surface area contributed by atoms with Gasteiger partial charge >= 0.3 is 7.82 Å². The SMILES string of the molecule is CCCCCCCCCc1cccc(SSOP(=O)(O)O)c1CCCCCCCCC. The first-order valence-corrected chi connectivity index (χ1v) is 15.8. The fraction of sp³-hybridized carbons (Fsp3) is 0.750. The van der Waals surface area contributed by atoms with E-state index >= 15 is 0 Å². The van der Waals surface area contributed by atoms with Crippen LogP contribution in [-0.4, -0.2) is 9.79 Å². The van der Waals surface area contributed by atoms with Crippen LogP contribution in [0.1, 0.15) is 115 Å². The van der Waals surface area contributed by atoms with Gasteiger partial charge in [0.25, 0.3) is 0 Å². The number of phosphoric acid groups is 1. The average molecular weight is 491 g/mol. The van der Waals surface area contributed by atoms with E-state index < -0.39 is 7.82 Å². The molecule has 4 nitrogen and oxygen atoms in total. The number of rotatable bonds is 20. The van der Waals surface area contributed by atoms with Crippen molar-refractivity contribution in [1.29, 1.82) is 0 Å². The Morgan fingerprint density at radius 3 is 1.84 bits per heavy atom. The molecule has 0 amide bonds. The van der Waals surface area contributed by atoms with Crippen LogP contribution in [0.5, 0.6) is 0 Å². The highest BCUT2D eigenvalue weighted by atomic mass is 33.1. The molecule has 0 radical (unpaired) electrons. The predicted octanol–water partition coefficient (Wildman–Crippen LogP) is 9.04. The van der Waals surface area contributed by atoms with Crippen LogP contribution in [0.25, 0.3) is 0 Å². The third-order valence-corrected chi connectivity index (χ3v) is 8.50. The lowest BCUT2D eigenvalue weighted by molar-refractivity contribution is 0.300. The second-order valence-corrected chi connectivity index (χ2v) is 11.6. The number of unbranched alkanes of at least 4 members (excludes halogenated alkanes) is 12. The molecule has 0 unspecified atom stereocenters. The summed E-state index contributed by atoms with van der Waals surface area (Å²) in [6, 6.07) is 6.34. The van der Waals surface area contributed by atoms with Crippen LogP contribution in [0.3, 0.4) is 0 Å². The van der Waals surface area contributed by atoms with Gasteiger partial charge in [0.15, 0.2) is 0 Å². The van der Waals surface area contributed by atoms with Crippen LogP contribution in [-0.2, 0) is 21.4 Å². The second kappa shape index (κ2) is 18.5. The molecule has 0 aliphatic carbocycles. The van der Waals surface area contributed by atoms with Gasteiger partial charge in [-0.05, 0) is 53.7 Å². The normalized spacial score (nSPS) is 11.9. The summed E-state index contributed by atoms with van der Waals surface area (Å²) in [5, 5.41) is 0. The van der Waals surface area contributed by atoms with Gasteiger partial charge in [0.2, 0.25) is 0 Å². The number of hydrogen-bond donors (Lipinski definition) is 2. The van der Waals surface area contributed by atoms with Gasteiger partial charge in [-0.3, -0.25) is 0 Å². The minimum Gasteiger partial charge on any atom is -0.302 e. The Labute approximate surface area is 198 Å². The zero-order valence-electron chi connectivity index (χ0n) is 19.5. The zero-order chi connectivity index (χ0) is 22.8. The van der Waals surface area contributed by atoms with Gasteiger partial charge in [0, 0.05) is 4.90 Å². The first-order valence-electron chi connectivity index (χ1n) is 12.2. The Bertz CT molecular complexity index is 622. The van der Waals surface area contributed by atoms with E-state index in [1.807, 2.05) is 6.07 Å². The van der Waals surface area contributed by atoms with Crippen LogP contribution in [0.15, 0.2) is 23.1 Å². The quantitative estimate of drug-likeness (QED) is 0.0822. The summed E-state index contributed by atoms with van der Waals surface area (Å²) in [5.74, 6) is 0. The van der Waals surface area contributed by atoms with Crippen LogP contribution in [0, 0.1) is 0 Å². The molecule has 1 aromatic carbocycles. The molecule has 0 bridgehead atoms. The van der Waals surface area contributed by atoms with E-state index in [1.54, 1.807) is 0 Å². The maximum atomic E-state index is 11.0. The molecule has 7 heteroatoms. The van der Waals surface area contributed by atoms with Gasteiger partial charge < -0.3 is 9.79 Å². The smallest absolute Gasteiger partial charge is 0.302 e. The summed E-state index contributed by atoms with van der Waals surface area (Å²) in [4.78, 5) is 19.0. The Morgan fingerprint density at radius 2 is 1.29 bits per heavy atom. The van der Waals surface area contributed by atoms with E-state index in [9.17, 15) is 4.57 Å². The molecule has 1 aromatic rings. The zero-order valence-corrected chi connectivity index (χ0v) is 22.0. The number of aryl methyl sites for hydroxylation is 1. The molecule has 0 aliphatic heterocycles. The van der Waals surface area contributed by atoms with Gasteiger partial charge in [-0.2, -0.15) is 0 Å². The summed E-state index contributed by atoms with van der Waals surface area (Å²) < 4.78 is 15.6. The fourth-order valence-electron chi connectivity index (χ4n) is 3.83. The molecule has 0 atom stereocenters. The largest absolute Gasteiger partial charge is 0.481 e. The van der Waals surface area contributed by atoms with Gasteiger partial charge in [0.1, 0.15) is 0 Å². The van der Waals surface area contributed by atoms with Crippen molar-refractivity contribution in [1.82, 2.24) is 0 Å². The van der Waals surface area contributed by atoms with Crippen LogP contribution >= 0.6 is 29.7 Å². The maximum absolute atomic E-state index is 11.0. The molecular weight excluding hydrogens is 447 g/mol. The molecular formula is C24H43O4PS2. The molecule has 0 aromatic heterocycles. The van der Waals surface area contributed by atoms with Crippen molar-refractivity contribution in [2.75, 3.05) is 0 Å². The fourth-order valence-corrected chi connectivity index (χ4v) is 6.49. The molecule has 2 N–H and O–H groups in total. The highest BCUT2D eigenvalue weighted by molar-refractivity contribution is 8.75. The Balaban J connectivity index is 2.59.